The molecule has 84 valence electrons. The van der Waals surface area contributed by atoms with Crippen LogP contribution in [0.15, 0.2) is 47.3 Å². The molecule has 0 aliphatic heterocycles. The number of rotatable bonds is 1. The Balaban J connectivity index is 2.27. The molecule has 0 N–H and O–H groups in total. The van der Waals surface area contributed by atoms with Crippen LogP contribution >= 0.6 is 15.9 Å². The lowest BCUT2D eigenvalue weighted by Gasteiger charge is -2.06. The molecule has 2 heterocycles. The number of para-hydroxylation sites is 2. The van der Waals surface area contributed by atoms with Gasteiger partial charge < -0.3 is 0 Å². The predicted molar refractivity (Wildman–Crippen MR) is 71.3 cm³/mol. The van der Waals surface area contributed by atoms with Gasteiger partial charge in [0.25, 0.3) is 0 Å². The van der Waals surface area contributed by atoms with Crippen molar-refractivity contribution < 1.29 is 0 Å². The molecule has 0 amide bonds. The van der Waals surface area contributed by atoms with E-state index in [9.17, 15) is 0 Å². The van der Waals surface area contributed by atoms with Crippen molar-refractivity contribution in [3.63, 3.8) is 0 Å². The van der Waals surface area contributed by atoms with E-state index in [4.69, 9.17) is 0 Å². The van der Waals surface area contributed by atoms with E-state index in [0.717, 1.165) is 26.9 Å². The molecule has 3 aromatic rings. The third-order valence-electron chi connectivity index (χ3n) is 2.70. The average Bonchev–Trinajstić information content (AvgIpc) is 2.73. The van der Waals surface area contributed by atoms with Gasteiger partial charge in [-0.05, 0) is 46.6 Å². The van der Waals surface area contributed by atoms with Crippen LogP contribution in [-0.2, 0) is 0 Å². The first kappa shape index (κ1) is 10.5. The Bertz CT molecular complexity index is 688. The lowest BCUT2D eigenvalue weighted by molar-refractivity contribution is 0.999. The van der Waals surface area contributed by atoms with Gasteiger partial charge in [0.15, 0.2) is 0 Å². The fourth-order valence-electron chi connectivity index (χ4n) is 1.91. The van der Waals surface area contributed by atoms with Gasteiger partial charge in [0.05, 0.1) is 11.0 Å². The third-order valence-corrected chi connectivity index (χ3v) is 3.13. The molecule has 0 radical (unpaired) electrons. The molecule has 0 saturated heterocycles. The maximum atomic E-state index is 4.45. The van der Waals surface area contributed by atoms with Crippen molar-refractivity contribution in [3.05, 3.63) is 52.9 Å². The van der Waals surface area contributed by atoms with Crippen LogP contribution in [0.2, 0.25) is 0 Å². The highest BCUT2D eigenvalue weighted by Crippen LogP contribution is 2.20. The normalized spacial score (nSPS) is 10.9. The van der Waals surface area contributed by atoms with Crippen LogP contribution in [0.1, 0.15) is 5.56 Å². The zero-order chi connectivity index (χ0) is 11.8. The SMILES string of the molecule is Cc1cc(Br)cnc1-n1cnc2ccccc21. The first-order valence-electron chi connectivity index (χ1n) is 5.30. The molecule has 0 unspecified atom stereocenters. The van der Waals surface area contributed by atoms with Crippen LogP contribution in [0, 0.1) is 6.92 Å². The zero-order valence-electron chi connectivity index (χ0n) is 9.26. The number of nitrogens with zero attached hydrogens (tertiary/aromatic N) is 3. The van der Waals surface area contributed by atoms with Gasteiger partial charge in [0.2, 0.25) is 0 Å². The minimum atomic E-state index is 0.918. The Morgan fingerprint density at radius 2 is 2.00 bits per heavy atom. The predicted octanol–water partition coefficient (Wildman–Crippen LogP) is 3.49. The van der Waals surface area contributed by atoms with Gasteiger partial charge in [0, 0.05) is 10.7 Å². The largest absolute Gasteiger partial charge is 0.283 e. The molecule has 0 saturated carbocycles. The van der Waals surface area contributed by atoms with Gasteiger partial charge in [-0.3, -0.25) is 4.57 Å². The second-order valence-electron chi connectivity index (χ2n) is 3.90. The van der Waals surface area contributed by atoms with Crippen LogP contribution in [0.4, 0.5) is 0 Å². The molecule has 0 fully saturated rings. The number of hydrogen-bond donors (Lipinski definition) is 0. The van der Waals surface area contributed by atoms with E-state index < -0.39 is 0 Å². The highest BCUT2D eigenvalue weighted by Gasteiger charge is 2.07. The first-order valence-corrected chi connectivity index (χ1v) is 6.09. The number of pyridine rings is 1. The number of fused-ring (bicyclic) bond motifs is 1. The zero-order valence-corrected chi connectivity index (χ0v) is 10.8. The lowest BCUT2D eigenvalue weighted by atomic mass is 10.2. The van der Waals surface area contributed by atoms with Crippen LogP contribution < -0.4 is 0 Å². The molecule has 17 heavy (non-hydrogen) atoms. The highest BCUT2D eigenvalue weighted by molar-refractivity contribution is 9.10. The van der Waals surface area contributed by atoms with E-state index in [0.29, 0.717) is 0 Å². The minimum absolute atomic E-state index is 0.918. The van der Waals surface area contributed by atoms with Gasteiger partial charge >= 0.3 is 0 Å². The summed E-state index contributed by atoms with van der Waals surface area (Å²) in [6.45, 7) is 2.04. The van der Waals surface area contributed by atoms with E-state index in [-0.39, 0.29) is 0 Å². The van der Waals surface area contributed by atoms with Crippen molar-refractivity contribution in [2.24, 2.45) is 0 Å². The standard InChI is InChI=1S/C13H10BrN3/c1-9-6-10(14)7-15-13(9)17-8-16-11-4-2-3-5-12(11)17/h2-8H,1H3. The molecule has 3 rings (SSSR count). The van der Waals surface area contributed by atoms with Crippen molar-refractivity contribution in [2.75, 3.05) is 0 Å². The monoisotopic (exact) mass is 287 g/mol. The van der Waals surface area contributed by atoms with Crippen LogP contribution in [-0.4, -0.2) is 14.5 Å². The summed E-state index contributed by atoms with van der Waals surface area (Å²) in [5, 5.41) is 0. The van der Waals surface area contributed by atoms with Gasteiger partial charge in [-0.25, -0.2) is 9.97 Å². The second-order valence-corrected chi connectivity index (χ2v) is 4.81. The summed E-state index contributed by atoms with van der Waals surface area (Å²) in [5.41, 5.74) is 3.17. The molecule has 2 aromatic heterocycles. The summed E-state index contributed by atoms with van der Waals surface area (Å²) < 4.78 is 3.00. The Morgan fingerprint density at radius 3 is 2.82 bits per heavy atom. The molecule has 0 aliphatic carbocycles. The minimum Gasteiger partial charge on any atom is -0.283 e. The van der Waals surface area contributed by atoms with Crippen molar-refractivity contribution in [2.45, 2.75) is 6.92 Å². The summed E-state index contributed by atoms with van der Waals surface area (Å²) in [6.07, 6.45) is 3.62. The lowest BCUT2D eigenvalue weighted by Crippen LogP contribution is -1.98. The smallest absolute Gasteiger partial charge is 0.141 e. The van der Waals surface area contributed by atoms with Crippen LogP contribution in [0.25, 0.3) is 16.9 Å². The number of halogens is 1. The number of hydrogen-bond acceptors (Lipinski definition) is 2. The summed E-state index contributed by atoms with van der Waals surface area (Å²) >= 11 is 3.42. The van der Waals surface area contributed by atoms with Crippen molar-refractivity contribution in [1.82, 2.24) is 14.5 Å². The Labute approximate surface area is 107 Å². The third kappa shape index (κ3) is 1.74. The summed E-state index contributed by atoms with van der Waals surface area (Å²) in [4.78, 5) is 8.82. The number of benzene rings is 1. The van der Waals surface area contributed by atoms with E-state index >= 15 is 0 Å². The molecule has 0 spiro atoms. The Hall–Kier alpha value is -1.68. The van der Waals surface area contributed by atoms with Gasteiger partial charge in [-0.15, -0.1) is 0 Å². The maximum Gasteiger partial charge on any atom is 0.141 e. The molecule has 1 aromatic carbocycles. The fraction of sp³-hybridized carbons (Fsp3) is 0.0769. The molecule has 0 aliphatic rings. The van der Waals surface area contributed by atoms with Gasteiger partial charge in [-0.2, -0.15) is 0 Å². The number of aromatic nitrogens is 3. The number of aryl methyl sites for hydroxylation is 1. The first-order chi connectivity index (χ1) is 8.25. The van der Waals surface area contributed by atoms with Crippen molar-refractivity contribution in [3.8, 4) is 5.82 Å². The van der Waals surface area contributed by atoms with E-state index in [1.54, 1.807) is 6.20 Å². The van der Waals surface area contributed by atoms with E-state index in [1.165, 1.54) is 0 Å². The van der Waals surface area contributed by atoms with Crippen molar-refractivity contribution >= 4 is 27.0 Å². The van der Waals surface area contributed by atoms with Crippen LogP contribution in [0.3, 0.4) is 0 Å². The summed E-state index contributed by atoms with van der Waals surface area (Å²) in [7, 11) is 0. The summed E-state index contributed by atoms with van der Waals surface area (Å²) in [5.74, 6) is 0.918. The van der Waals surface area contributed by atoms with Crippen LogP contribution in [0.5, 0.6) is 0 Å². The fourth-order valence-corrected chi connectivity index (χ4v) is 2.36. The average molecular weight is 288 g/mol. The molecular formula is C13H10BrN3. The van der Waals surface area contributed by atoms with Gasteiger partial charge in [0.1, 0.15) is 12.1 Å². The molecule has 3 nitrogen and oxygen atoms in total. The molecular weight excluding hydrogens is 278 g/mol. The topological polar surface area (TPSA) is 30.7 Å². The molecule has 0 bridgehead atoms. The molecule has 4 heteroatoms. The van der Waals surface area contributed by atoms with Crippen molar-refractivity contribution in [1.29, 1.82) is 0 Å². The Kier molecular flexibility index (Phi) is 2.44. The van der Waals surface area contributed by atoms with Gasteiger partial charge in [-0.1, -0.05) is 12.1 Å². The molecule has 0 atom stereocenters. The number of imidazole rings is 1. The van der Waals surface area contributed by atoms with E-state index in [1.807, 2.05) is 42.1 Å². The van der Waals surface area contributed by atoms with E-state index in [2.05, 4.69) is 32.0 Å². The second kappa shape index (κ2) is 3.96. The highest BCUT2D eigenvalue weighted by atomic mass is 79.9. The quantitative estimate of drug-likeness (QED) is 0.686. The summed E-state index contributed by atoms with van der Waals surface area (Å²) in [6, 6.07) is 10.1. The Morgan fingerprint density at radius 1 is 1.18 bits per heavy atom. The maximum absolute atomic E-state index is 4.45.